The minimum atomic E-state index is -4.01. The lowest BCUT2D eigenvalue weighted by atomic mass is 9.75. The SMILES string of the molecule is [C-]#[N+]/C(C(=O)OCC(COC(=O)/C(C#N)=C1\CC(C)(C)CC(N2CCCC2)=C1S(C)(=O)=O)COC(=O)/C(C#N)=C1\CC(C)(C)CC(N2CCCC2)=C1S(C)(=O)=O)=C1/CC(C)(C)CC(N2CCCC2)=C1S(C)(=O)=O. The van der Waals surface area contributed by atoms with Crippen LogP contribution in [0.2, 0.25) is 0 Å². The van der Waals surface area contributed by atoms with Gasteiger partial charge >= 0.3 is 17.9 Å². The minimum absolute atomic E-state index is 0.00181. The zero-order valence-electron chi connectivity index (χ0n) is 43.7. The van der Waals surface area contributed by atoms with Crippen molar-refractivity contribution < 1.29 is 53.8 Å². The molecule has 0 spiro atoms. The highest BCUT2D eigenvalue weighted by Crippen LogP contribution is 2.49. The Bertz CT molecular complexity index is 2650. The lowest BCUT2D eigenvalue weighted by Gasteiger charge is -2.38. The van der Waals surface area contributed by atoms with E-state index >= 15 is 0 Å². The maximum atomic E-state index is 14.2. The number of hydrogen-bond donors (Lipinski definition) is 0. The van der Waals surface area contributed by atoms with Crippen LogP contribution in [0.5, 0.6) is 0 Å². The number of allylic oxidation sites excluding steroid dienone is 6. The van der Waals surface area contributed by atoms with Gasteiger partial charge in [-0.2, -0.15) is 10.5 Å². The molecule has 0 bridgehead atoms. The molecule has 6 rings (SSSR count). The fraction of sp³-hybridized carbons (Fsp3) is 0.654. The first-order chi connectivity index (χ1) is 33.9. The second-order valence-electron chi connectivity index (χ2n) is 22.8. The highest BCUT2D eigenvalue weighted by molar-refractivity contribution is 7.95. The first kappa shape index (κ1) is 56.9. The van der Waals surface area contributed by atoms with Crippen LogP contribution in [0.25, 0.3) is 4.85 Å². The number of sulfone groups is 3. The predicted molar refractivity (Wildman–Crippen MR) is 272 cm³/mol. The summed E-state index contributed by atoms with van der Waals surface area (Å²) in [6.07, 6.45) is 9.42. The summed E-state index contributed by atoms with van der Waals surface area (Å²) in [6.45, 7) is 21.1. The number of nitrogens with zero attached hydrogens (tertiary/aromatic N) is 6. The van der Waals surface area contributed by atoms with Crippen LogP contribution in [0.1, 0.15) is 119 Å². The Morgan fingerprint density at radius 2 is 0.795 bits per heavy atom. The largest absolute Gasteiger partial charge is 0.470 e. The van der Waals surface area contributed by atoms with Gasteiger partial charge in [-0.1, -0.05) is 41.5 Å². The summed E-state index contributed by atoms with van der Waals surface area (Å²) in [6, 6.07) is 3.76. The third-order valence-corrected chi connectivity index (χ3v) is 17.9. The van der Waals surface area contributed by atoms with Gasteiger partial charge in [-0.3, -0.25) is 4.79 Å². The third-order valence-electron chi connectivity index (χ3n) is 14.3. The first-order valence-electron chi connectivity index (χ1n) is 24.9. The van der Waals surface area contributed by atoms with Gasteiger partial charge < -0.3 is 28.9 Å². The van der Waals surface area contributed by atoms with Crippen molar-refractivity contribution >= 4 is 47.4 Å². The molecule has 0 radical (unpaired) electrons. The Hall–Kier alpha value is -5.43. The van der Waals surface area contributed by atoms with Crippen molar-refractivity contribution in [3.05, 3.63) is 76.8 Å². The monoisotopic (exact) mass is 1070 g/mol. The molecule has 18 nitrogen and oxygen atoms in total. The molecular weight excluding hydrogens is 997 g/mol. The first-order valence-corrected chi connectivity index (χ1v) is 30.5. The van der Waals surface area contributed by atoms with E-state index in [1.165, 1.54) is 0 Å². The van der Waals surface area contributed by atoms with Gasteiger partial charge in [0, 0.05) is 75.1 Å². The van der Waals surface area contributed by atoms with Crippen molar-refractivity contribution in [3.63, 3.8) is 0 Å². The summed E-state index contributed by atoms with van der Waals surface area (Å²) in [5.74, 6) is -4.87. The van der Waals surface area contributed by atoms with E-state index in [0.29, 0.717) is 75.6 Å². The molecule has 73 heavy (non-hydrogen) atoms. The number of hydrogen-bond acceptors (Lipinski definition) is 17. The molecule has 0 atom stereocenters. The topological polar surface area (TPSA) is 243 Å². The number of likely N-dealkylation sites (tertiary alicyclic amines) is 3. The fourth-order valence-corrected chi connectivity index (χ4v) is 15.0. The van der Waals surface area contributed by atoms with Crippen LogP contribution in [-0.2, 0) is 58.1 Å². The van der Waals surface area contributed by atoms with E-state index in [1.807, 2.05) is 68.4 Å². The number of carbonyl (C=O) groups excluding carboxylic acids is 3. The molecule has 0 saturated carbocycles. The Morgan fingerprint density at radius 3 is 1.07 bits per heavy atom. The summed E-state index contributed by atoms with van der Waals surface area (Å²) in [5, 5.41) is 21.1. The third kappa shape index (κ3) is 13.3. The van der Waals surface area contributed by atoms with Gasteiger partial charge in [0.2, 0.25) is 0 Å². The van der Waals surface area contributed by atoms with E-state index in [-0.39, 0.29) is 50.7 Å². The number of ether oxygens (including phenoxy) is 3. The maximum absolute atomic E-state index is 14.2. The van der Waals surface area contributed by atoms with Crippen LogP contribution in [-0.4, -0.2) is 136 Å². The quantitative estimate of drug-likeness (QED) is 0.0554. The summed E-state index contributed by atoms with van der Waals surface area (Å²) < 4.78 is 98.5. The smallest absolute Gasteiger partial charge is 0.349 e. The van der Waals surface area contributed by atoms with Crippen molar-refractivity contribution in [3.8, 4) is 12.1 Å². The molecule has 0 aromatic heterocycles. The summed E-state index contributed by atoms with van der Waals surface area (Å²) in [7, 11) is -12.0. The van der Waals surface area contributed by atoms with E-state index in [1.54, 1.807) is 0 Å². The summed E-state index contributed by atoms with van der Waals surface area (Å²) in [5.41, 5.74) is -1.84. The van der Waals surface area contributed by atoms with Gasteiger partial charge in [0.05, 0.1) is 33.8 Å². The molecule has 3 saturated heterocycles. The molecule has 0 aromatic rings. The van der Waals surface area contributed by atoms with Crippen molar-refractivity contribution in [1.29, 1.82) is 10.5 Å². The molecule has 0 unspecified atom stereocenters. The second kappa shape index (κ2) is 21.8. The molecule has 0 N–H and O–H groups in total. The Morgan fingerprint density at radius 1 is 0.521 bits per heavy atom. The van der Waals surface area contributed by atoms with Gasteiger partial charge in [-0.05, 0) is 110 Å². The molecule has 3 aliphatic heterocycles. The van der Waals surface area contributed by atoms with Crippen LogP contribution in [0.15, 0.2) is 65.4 Å². The fourth-order valence-electron chi connectivity index (χ4n) is 11.3. The average Bonchev–Trinajstić information content (AvgIpc) is 4.10. The van der Waals surface area contributed by atoms with Gasteiger partial charge in [0.15, 0.2) is 29.5 Å². The van der Waals surface area contributed by atoms with Crippen LogP contribution >= 0.6 is 0 Å². The van der Waals surface area contributed by atoms with Crippen molar-refractivity contribution in [2.75, 3.05) is 77.9 Å². The highest BCUT2D eigenvalue weighted by atomic mass is 32.2. The molecule has 3 aliphatic carbocycles. The zero-order valence-corrected chi connectivity index (χ0v) is 46.2. The number of rotatable bonds is 15. The van der Waals surface area contributed by atoms with Gasteiger partial charge in [0.25, 0.3) is 5.70 Å². The Kier molecular flexibility index (Phi) is 17.0. The highest BCUT2D eigenvalue weighted by Gasteiger charge is 2.44. The van der Waals surface area contributed by atoms with E-state index in [2.05, 4.69) is 4.85 Å². The van der Waals surface area contributed by atoms with E-state index in [9.17, 15) is 50.2 Å². The molecule has 21 heteroatoms. The van der Waals surface area contributed by atoms with E-state index in [0.717, 1.165) is 57.3 Å². The Balaban J connectivity index is 1.39. The van der Waals surface area contributed by atoms with Gasteiger partial charge in [0.1, 0.15) is 36.5 Å². The van der Waals surface area contributed by atoms with Gasteiger partial charge in [-0.15, -0.1) is 0 Å². The zero-order chi connectivity index (χ0) is 54.1. The molecular formula is C52H70N6O12S3. The van der Waals surface area contributed by atoms with Crippen molar-refractivity contribution in [2.24, 2.45) is 22.2 Å². The van der Waals surface area contributed by atoms with Crippen LogP contribution in [0.3, 0.4) is 0 Å². The molecule has 3 heterocycles. The maximum Gasteiger partial charge on any atom is 0.349 e. The summed E-state index contributed by atoms with van der Waals surface area (Å²) >= 11 is 0. The molecule has 398 valence electrons. The number of nitriles is 2. The van der Waals surface area contributed by atoms with Crippen LogP contribution in [0, 0.1) is 51.4 Å². The Labute approximate surface area is 432 Å². The number of carbonyl (C=O) groups is 3. The summed E-state index contributed by atoms with van der Waals surface area (Å²) in [4.78, 5) is 51.6. The van der Waals surface area contributed by atoms with E-state index in [4.69, 9.17) is 20.8 Å². The minimum Gasteiger partial charge on any atom is -0.470 e. The van der Waals surface area contributed by atoms with Crippen molar-refractivity contribution in [2.45, 2.75) is 119 Å². The standard InChI is InChI=1S/C52H70N6O12S3/c1-50(2)23-35(44(71(8,62)63)40(26-50)56-17-11-12-18-56)38(29-53)47(59)68-31-34(32-69-48(60)39(30-54)36-24-51(3,4)27-41(45(36)72(9,64)65)57-19-13-14-20-57)33-70-49(61)43(55-7)37-25-52(5,6)28-42(46(37)73(10,66)67)58-21-15-16-22-58/h34H,11-28,31-33H2,1-6,8-10H3/b38-35+,39-36+,43-37-. The average molecular weight is 1070 g/mol. The van der Waals surface area contributed by atoms with Crippen LogP contribution < -0.4 is 0 Å². The number of esters is 3. The van der Waals surface area contributed by atoms with Gasteiger partial charge in [-0.25, -0.2) is 39.7 Å². The normalized spacial score (nSPS) is 23.5. The molecule has 0 aromatic carbocycles. The van der Waals surface area contributed by atoms with Crippen LogP contribution in [0.4, 0.5) is 0 Å². The lowest BCUT2D eigenvalue weighted by Crippen LogP contribution is -2.33. The molecule has 0 amide bonds. The molecule has 6 aliphatic rings. The second-order valence-corrected chi connectivity index (χ2v) is 28.7. The van der Waals surface area contributed by atoms with E-state index < -0.39 is 106 Å². The predicted octanol–water partition coefficient (Wildman–Crippen LogP) is 6.56. The molecule has 3 fully saturated rings. The lowest BCUT2D eigenvalue weighted by molar-refractivity contribution is -0.148. The van der Waals surface area contributed by atoms with Crippen molar-refractivity contribution in [1.82, 2.24) is 14.7 Å².